The molecule has 1 aliphatic heterocycles. The summed E-state index contributed by atoms with van der Waals surface area (Å²) in [5.74, 6) is 0. The number of hydrogen-bond donors (Lipinski definition) is 1. The van der Waals surface area contributed by atoms with Gasteiger partial charge in [0.25, 0.3) is 0 Å². The quantitative estimate of drug-likeness (QED) is 0.903. The van der Waals surface area contributed by atoms with Gasteiger partial charge in [0.15, 0.2) is 0 Å². The summed E-state index contributed by atoms with van der Waals surface area (Å²) < 4.78 is 0. The Labute approximate surface area is 105 Å². The van der Waals surface area contributed by atoms with Crippen LogP contribution in [0.2, 0.25) is 0 Å². The molecular weight excluding hydrogens is 230 g/mol. The highest BCUT2D eigenvalue weighted by molar-refractivity contribution is 7.09. The molecule has 1 saturated heterocycles. The zero-order valence-corrected chi connectivity index (χ0v) is 10.4. The molecule has 2 aromatic heterocycles. The van der Waals surface area contributed by atoms with Gasteiger partial charge >= 0.3 is 0 Å². The highest BCUT2D eigenvalue weighted by Gasteiger charge is 2.18. The van der Waals surface area contributed by atoms with Gasteiger partial charge in [-0.1, -0.05) is 6.07 Å². The number of nitrogens with one attached hydrogen (secondary N) is 1. The van der Waals surface area contributed by atoms with Crippen LogP contribution in [0.1, 0.15) is 35.1 Å². The highest BCUT2D eigenvalue weighted by atomic mass is 32.1. The Morgan fingerprint density at radius 1 is 1.47 bits per heavy atom. The van der Waals surface area contributed by atoms with Crippen molar-refractivity contribution in [2.24, 2.45) is 0 Å². The van der Waals surface area contributed by atoms with Gasteiger partial charge < -0.3 is 5.32 Å². The molecule has 0 spiro atoms. The molecule has 0 bridgehead atoms. The molecule has 0 aromatic carbocycles. The first-order chi connectivity index (χ1) is 8.42. The van der Waals surface area contributed by atoms with Crippen LogP contribution in [-0.4, -0.2) is 16.5 Å². The fourth-order valence-electron chi connectivity index (χ4n) is 2.18. The molecule has 0 saturated carbocycles. The van der Waals surface area contributed by atoms with E-state index in [0.29, 0.717) is 6.04 Å². The fourth-order valence-corrected chi connectivity index (χ4v) is 3.06. The topological polar surface area (TPSA) is 37.8 Å². The molecular formula is C13H15N3S. The maximum absolute atomic E-state index is 4.72. The van der Waals surface area contributed by atoms with Crippen LogP contribution in [0.15, 0.2) is 29.9 Å². The van der Waals surface area contributed by atoms with E-state index in [9.17, 15) is 0 Å². The van der Waals surface area contributed by atoms with E-state index in [4.69, 9.17) is 4.98 Å². The minimum Gasteiger partial charge on any atom is -0.309 e. The maximum Gasteiger partial charge on any atom is 0.0973 e. The number of aromatic nitrogens is 2. The molecule has 1 N–H and O–H groups in total. The third-order valence-corrected chi connectivity index (χ3v) is 3.93. The first-order valence-electron chi connectivity index (χ1n) is 5.98. The Morgan fingerprint density at radius 3 is 3.24 bits per heavy atom. The minimum absolute atomic E-state index is 0.480. The van der Waals surface area contributed by atoms with Gasteiger partial charge in [0.1, 0.15) is 0 Å². The van der Waals surface area contributed by atoms with Crippen molar-refractivity contribution >= 4 is 11.3 Å². The Balaban J connectivity index is 1.72. The van der Waals surface area contributed by atoms with E-state index in [1.165, 1.54) is 29.1 Å². The van der Waals surface area contributed by atoms with Crippen LogP contribution < -0.4 is 5.32 Å². The van der Waals surface area contributed by atoms with Crippen LogP contribution in [-0.2, 0) is 6.42 Å². The molecule has 88 valence electrons. The van der Waals surface area contributed by atoms with Gasteiger partial charge in [-0.15, -0.1) is 11.3 Å². The summed E-state index contributed by atoms with van der Waals surface area (Å²) in [7, 11) is 0. The lowest BCUT2D eigenvalue weighted by atomic mass is 10.2. The van der Waals surface area contributed by atoms with E-state index in [-0.39, 0.29) is 0 Å². The predicted molar refractivity (Wildman–Crippen MR) is 69.1 cm³/mol. The summed E-state index contributed by atoms with van der Waals surface area (Å²) in [6.45, 7) is 1.13. The molecule has 17 heavy (non-hydrogen) atoms. The molecule has 0 aliphatic carbocycles. The molecule has 1 aliphatic rings. The number of nitrogens with zero attached hydrogens (tertiary/aromatic N) is 2. The van der Waals surface area contributed by atoms with Gasteiger partial charge in [0, 0.05) is 24.2 Å². The molecule has 3 nitrogen and oxygen atoms in total. The van der Waals surface area contributed by atoms with E-state index in [2.05, 4.69) is 21.7 Å². The Bertz CT molecular complexity index is 474. The minimum atomic E-state index is 0.480. The summed E-state index contributed by atoms with van der Waals surface area (Å²) in [6, 6.07) is 4.55. The van der Waals surface area contributed by atoms with Gasteiger partial charge in [0.2, 0.25) is 0 Å². The number of hydrogen-bond acceptors (Lipinski definition) is 4. The van der Waals surface area contributed by atoms with Gasteiger partial charge in [-0.25, -0.2) is 4.98 Å². The molecule has 1 unspecified atom stereocenters. The summed E-state index contributed by atoms with van der Waals surface area (Å²) in [4.78, 5) is 8.85. The summed E-state index contributed by atoms with van der Waals surface area (Å²) >= 11 is 1.75. The molecule has 1 atom stereocenters. The third-order valence-electron chi connectivity index (χ3n) is 3.06. The van der Waals surface area contributed by atoms with Crippen LogP contribution in [0, 0.1) is 0 Å². The first kappa shape index (κ1) is 10.9. The lowest BCUT2D eigenvalue weighted by Crippen LogP contribution is -2.13. The summed E-state index contributed by atoms with van der Waals surface area (Å²) in [6.07, 6.45) is 7.09. The Morgan fingerprint density at radius 2 is 2.47 bits per heavy atom. The zero-order chi connectivity index (χ0) is 11.5. The van der Waals surface area contributed by atoms with E-state index in [1.807, 2.05) is 12.3 Å². The van der Waals surface area contributed by atoms with E-state index < -0.39 is 0 Å². The maximum atomic E-state index is 4.72. The van der Waals surface area contributed by atoms with Gasteiger partial charge in [-0.2, -0.15) is 0 Å². The summed E-state index contributed by atoms with van der Waals surface area (Å²) in [5.41, 5.74) is 2.44. The summed E-state index contributed by atoms with van der Waals surface area (Å²) in [5, 5.41) is 6.85. The molecule has 4 heteroatoms. The van der Waals surface area contributed by atoms with Crippen LogP contribution in [0.25, 0.3) is 0 Å². The van der Waals surface area contributed by atoms with Gasteiger partial charge in [0.05, 0.1) is 16.7 Å². The van der Waals surface area contributed by atoms with Gasteiger partial charge in [-0.3, -0.25) is 4.98 Å². The lowest BCUT2D eigenvalue weighted by Gasteiger charge is -2.04. The van der Waals surface area contributed by atoms with Crippen molar-refractivity contribution in [3.8, 4) is 0 Å². The average molecular weight is 245 g/mol. The standard InChI is InChI=1S/C13H15N3S/c1-3-10(8-14-5-1)7-13-16-12(9-17-13)11-4-2-6-15-11/h1,3,5,8-9,11,15H,2,4,6-7H2. The molecule has 3 heterocycles. The molecule has 0 radical (unpaired) electrons. The van der Waals surface area contributed by atoms with Crippen LogP contribution in [0.3, 0.4) is 0 Å². The predicted octanol–water partition coefficient (Wildman–Crippen LogP) is 2.55. The largest absolute Gasteiger partial charge is 0.309 e. The lowest BCUT2D eigenvalue weighted by molar-refractivity contribution is 0.630. The van der Waals surface area contributed by atoms with Crippen molar-refractivity contribution in [2.45, 2.75) is 25.3 Å². The van der Waals surface area contributed by atoms with E-state index in [0.717, 1.165) is 13.0 Å². The van der Waals surface area contributed by atoms with Crippen molar-refractivity contribution in [1.82, 2.24) is 15.3 Å². The van der Waals surface area contributed by atoms with Crippen LogP contribution in [0.4, 0.5) is 0 Å². The van der Waals surface area contributed by atoms with Crippen molar-refractivity contribution in [3.63, 3.8) is 0 Å². The second-order valence-corrected chi connectivity index (χ2v) is 5.30. The first-order valence-corrected chi connectivity index (χ1v) is 6.86. The molecule has 1 fully saturated rings. The van der Waals surface area contributed by atoms with Gasteiger partial charge in [-0.05, 0) is 31.0 Å². The molecule has 3 rings (SSSR count). The number of rotatable bonds is 3. The average Bonchev–Trinajstić information content (AvgIpc) is 3.00. The van der Waals surface area contributed by atoms with E-state index in [1.54, 1.807) is 17.5 Å². The van der Waals surface area contributed by atoms with Crippen molar-refractivity contribution in [1.29, 1.82) is 0 Å². The van der Waals surface area contributed by atoms with Crippen molar-refractivity contribution in [2.75, 3.05) is 6.54 Å². The normalized spacial score (nSPS) is 19.6. The van der Waals surface area contributed by atoms with Crippen molar-refractivity contribution < 1.29 is 0 Å². The molecule has 2 aromatic rings. The van der Waals surface area contributed by atoms with Crippen molar-refractivity contribution in [3.05, 3.63) is 46.2 Å². The smallest absolute Gasteiger partial charge is 0.0973 e. The zero-order valence-electron chi connectivity index (χ0n) is 9.60. The van der Waals surface area contributed by atoms with E-state index >= 15 is 0 Å². The monoisotopic (exact) mass is 245 g/mol. The highest BCUT2D eigenvalue weighted by Crippen LogP contribution is 2.25. The fraction of sp³-hybridized carbons (Fsp3) is 0.385. The second-order valence-electron chi connectivity index (χ2n) is 4.35. The number of thiazole rings is 1. The Hall–Kier alpha value is -1.26. The SMILES string of the molecule is c1cncc(Cc2nc(C3CCCN3)cs2)c1. The van der Waals surface area contributed by atoms with Crippen LogP contribution in [0.5, 0.6) is 0 Å². The van der Waals surface area contributed by atoms with Crippen LogP contribution >= 0.6 is 11.3 Å². The number of pyridine rings is 1. The Kier molecular flexibility index (Phi) is 3.16. The second kappa shape index (κ2) is 4.94. The third kappa shape index (κ3) is 2.53. The molecule has 0 amide bonds.